The lowest BCUT2D eigenvalue weighted by Gasteiger charge is -2.38. The van der Waals surface area contributed by atoms with Crippen LogP contribution in [0.15, 0.2) is 85.2 Å². The minimum atomic E-state index is -0.523. The van der Waals surface area contributed by atoms with Crippen LogP contribution in [0.3, 0.4) is 0 Å². The van der Waals surface area contributed by atoms with Crippen LogP contribution in [0, 0.1) is 11.6 Å². The van der Waals surface area contributed by atoms with Gasteiger partial charge in [0.25, 0.3) is 0 Å². The number of benzene rings is 3. The van der Waals surface area contributed by atoms with E-state index in [-0.39, 0.29) is 11.1 Å². The van der Waals surface area contributed by atoms with Gasteiger partial charge >= 0.3 is 0 Å². The highest BCUT2D eigenvalue weighted by Crippen LogP contribution is 2.40. The fraction of sp³-hybridized carbons (Fsp3) is 0.143. The lowest BCUT2D eigenvalue weighted by Crippen LogP contribution is -2.43. The average molecular weight is 453 g/mol. The fourth-order valence-corrected chi connectivity index (χ4v) is 4.66. The summed E-state index contributed by atoms with van der Waals surface area (Å²) in [6, 6.07) is 21.5. The van der Waals surface area contributed by atoms with Crippen molar-refractivity contribution in [2.45, 2.75) is 24.8 Å². The number of halogens is 2. The SMILES string of the molecule is NC1(c2ccc(-c3nc4c(-c5cc(F)ccc5F)cnn4cc3-c3ccccc3)cc2)CCC1. The molecule has 0 unspecified atom stereocenters. The molecule has 0 spiro atoms. The molecule has 0 aliphatic heterocycles. The molecule has 1 aliphatic carbocycles. The van der Waals surface area contributed by atoms with Gasteiger partial charge in [-0.3, -0.25) is 0 Å². The number of aromatic nitrogens is 3. The molecule has 0 amide bonds. The first-order valence-corrected chi connectivity index (χ1v) is 11.3. The van der Waals surface area contributed by atoms with Gasteiger partial charge in [-0.1, -0.05) is 54.6 Å². The molecular weight excluding hydrogens is 430 g/mol. The molecule has 168 valence electrons. The van der Waals surface area contributed by atoms with Crippen LogP contribution >= 0.6 is 0 Å². The number of nitrogens with zero attached hydrogens (tertiary/aromatic N) is 3. The highest BCUT2D eigenvalue weighted by molar-refractivity contribution is 5.85. The maximum Gasteiger partial charge on any atom is 0.163 e. The smallest absolute Gasteiger partial charge is 0.163 e. The summed E-state index contributed by atoms with van der Waals surface area (Å²) >= 11 is 0. The molecule has 1 saturated carbocycles. The van der Waals surface area contributed by atoms with Gasteiger partial charge in [0.2, 0.25) is 0 Å². The first-order chi connectivity index (χ1) is 16.5. The van der Waals surface area contributed by atoms with E-state index in [1.165, 1.54) is 12.3 Å². The molecule has 6 rings (SSSR count). The summed E-state index contributed by atoms with van der Waals surface area (Å²) in [6.07, 6.45) is 6.54. The highest BCUT2D eigenvalue weighted by atomic mass is 19.1. The molecule has 0 saturated heterocycles. The molecule has 1 fully saturated rings. The van der Waals surface area contributed by atoms with E-state index in [0.717, 1.165) is 59.3 Å². The molecule has 0 atom stereocenters. The third-order valence-electron chi connectivity index (χ3n) is 6.78. The molecule has 1 aliphatic rings. The van der Waals surface area contributed by atoms with Crippen LogP contribution in [0.4, 0.5) is 8.78 Å². The van der Waals surface area contributed by atoms with Gasteiger partial charge in [-0.2, -0.15) is 5.10 Å². The van der Waals surface area contributed by atoms with Crippen molar-refractivity contribution in [2.75, 3.05) is 0 Å². The fourth-order valence-electron chi connectivity index (χ4n) is 4.66. The van der Waals surface area contributed by atoms with E-state index in [0.29, 0.717) is 11.2 Å². The summed E-state index contributed by atoms with van der Waals surface area (Å²) in [5, 5.41) is 4.40. The van der Waals surface area contributed by atoms with Crippen LogP contribution in [-0.2, 0) is 5.54 Å². The van der Waals surface area contributed by atoms with Crippen molar-refractivity contribution in [3.63, 3.8) is 0 Å². The van der Waals surface area contributed by atoms with E-state index in [4.69, 9.17) is 10.7 Å². The van der Waals surface area contributed by atoms with Gasteiger partial charge in [0.15, 0.2) is 5.65 Å². The molecule has 34 heavy (non-hydrogen) atoms. The Morgan fingerprint density at radius 2 is 1.59 bits per heavy atom. The Labute approximate surface area is 195 Å². The molecule has 5 aromatic rings. The molecular formula is C28H22F2N4. The van der Waals surface area contributed by atoms with Crippen LogP contribution in [0.25, 0.3) is 39.2 Å². The molecule has 0 bridgehead atoms. The zero-order valence-corrected chi connectivity index (χ0v) is 18.4. The maximum absolute atomic E-state index is 14.6. The van der Waals surface area contributed by atoms with Gasteiger partial charge in [-0.25, -0.2) is 18.3 Å². The first-order valence-electron chi connectivity index (χ1n) is 11.3. The van der Waals surface area contributed by atoms with Crippen molar-refractivity contribution in [3.05, 3.63) is 102 Å². The Balaban J connectivity index is 1.55. The van der Waals surface area contributed by atoms with Gasteiger partial charge in [-0.15, -0.1) is 0 Å². The summed E-state index contributed by atoms with van der Waals surface area (Å²) < 4.78 is 30.1. The predicted molar refractivity (Wildman–Crippen MR) is 129 cm³/mol. The monoisotopic (exact) mass is 452 g/mol. The van der Waals surface area contributed by atoms with Crippen molar-refractivity contribution in [2.24, 2.45) is 5.73 Å². The van der Waals surface area contributed by atoms with Gasteiger partial charge < -0.3 is 5.73 Å². The Bertz CT molecular complexity index is 1500. The second kappa shape index (κ2) is 7.85. The van der Waals surface area contributed by atoms with Crippen LogP contribution in [0.2, 0.25) is 0 Å². The van der Waals surface area contributed by atoms with Gasteiger partial charge in [0.1, 0.15) is 11.6 Å². The minimum absolute atomic E-state index is 0.131. The predicted octanol–water partition coefficient (Wildman–Crippen LogP) is 6.35. The Morgan fingerprint density at radius 1 is 0.824 bits per heavy atom. The van der Waals surface area contributed by atoms with Gasteiger partial charge in [0, 0.05) is 34.0 Å². The van der Waals surface area contributed by atoms with Crippen molar-refractivity contribution in [1.82, 2.24) is 14.6 Å². The molecule has 3 aromatic carbocycles. The van der Waals surface area contributed by atoms with Crippen LogP contribution < -0.4 is 5.73 Å². The van der Waals surface area contributed by atoms with E-state index in [9.17, 15) is 8.78 Å². The number of rotatable bonds is 4. The second-order valence-corrected chi connectivity index (χ2v) is 8.91. The normalized spacial score (nSPS) is 14.8. The van der Waals surface area contributed by atoms with E-state index in [1.807, 2.05) is 48.7 Å². The third kappa shape index (κ3) is 3.38. The van der Waals surface area contributed by atoms with E-state index < -0.39 is 11.6 Å². The minimum Gasteiger partial charge on any atom is -0.321 e. The molecule has 2 aromatic heterocycles. The molecule has 2 N–H and O–H groups in total. The van der Waals surface area contributed by atoms with E-state index in [2.05, 4.69) is 17.2 Å². The van der Waals surface area contributed by atoms with Crippen LogP contribution in [0.1, 0.15) is 24.8 Å². The zero-order chi connectivity index (χ0) is 23.3. The quantitative estimate of drug-likeness (QED) is 0.346. The summed E-state index contributed by atoms with van der Waals surface area (Å²) in [6.45, 7) is 0. The van der Waals surface area contributed by atoms with Gasteiger partial charge in [-0.05, 0) is 48.6 Å². The van der Waals surface area contributed by atoms with Crippen LogP contribution in [-0.4, -0.2) is 14.6 Å². The summed E-state index contributed by atoms with van der Waals surface area (Å²) in [7, 11) is 0. The van der Waals surface area contributed by atoms with Crippen molar-refractivity contribution < 1.29 is 8.78 Å². The van der Waals surface area contributed by atoms with Crippen molar-refractivity contribution in [1.29, 1.82) is 0 Å². The third-order valence-corrected chi connectivity index (χ3v) is 6.78. The van der Waals surface area contributed by atoms with E-state index in [1.54, 1.807) is 4.52 Å². The number of nitrogens with two attached hydrogens (primary N) is 1. The van der Waals surface area contributed by atoms with Gasteiger partial charge in [0.05, 0.1) is 11.9 Å². The Morgan fingerprint density at radius 3 is 2.29 bits per heavy atom. The lowest BCUT2D eigenvalue weighted by atomic mass is 9.72. The number of fused-ring (bicyclic) bond motifs is 1. The second-order valence-electron chi connectivity index (χ2n) is 8.91. The lowest BCUT2D eigenvalue weighted by molar-refractivity contribution is 0.253. The number of hydrogen-bond donors (Lipinski definition) is 1. The topological polar surface area (TPSA) is 56.2 Å². The number of hydrogen-bond acceptors (Lipinski definition) is 3. The molecule has 4 nitrogen and oxygen atoms in total. The van der Waals surface area contributed by atoms with Crippen molar-refractivity contribution >= 4 is 5.65 Å². The first kappa shape index (κ1) is 20.7. The highest BCUT2D eigenvalue weighted by Gasteiger charge is 2.34. The Hall–Kier alpha value is -3.90. The summed E-state index contributed by atoms with van der Waals surface area (Å²) in [4.78, 5) is 4.93. The molecule has 2 heterocycles. The molecule has 0 radical (unpaired) electrons. The summed E-state index contributed by atoms with van der Waals surface area (Å²) in [5.41, 5.74) is 11.9. The standard InChI is InChI=1S/C28H22F2N4/c29-21-11-12-25(30)22(15-21)23-16-32-34-17-24(18-5-2-1-3-6-18)26(33-27(23)34)19-7-9-20(10-8-19)28(31)13-4-14-28/h1-3,5-12,15-17H,4,13-14,31H2. The van der Waals surface area contributed by atoms with Crippen molar-refractivity contribution in [3.8, 4) is 33.5 Å². The largest absolute Gasteiger partial charge is 0.321 e. The van der Waals surface area contributed by atoms with Crippen LogP contribution in [0.5, 0.6) is 0 Å². The summed E-state index contributed by atoms with van der Waals surface area (Å²) in [5.74, 6) is -1.04. The Kier molecular flexibility index (Phi) is 4.78. The maximum atomic E-state index is 14.6. The van der Waals surface area contributed by atoms with E-state index >= 15 is 0 Å². The molecule has 6 heteroatoms. The zero-order valence-electron chi connectivity index (χ0n) is 18.4. The average Bonchev–Trinajstić information content (AvgIpc) is 3.27.